The predicted octanol–water partition coefficient (Wildman–Crippen LogP) is 3.24. The summed E-state index contributed by atoms with van der Waals surface area (Å²) in [5.41, 5.74) is 3.22. The number of likely N-dealkylation sites (tertiary alicyclic amines) is 1. The maximum atomic E-state index is 3.56. The molecule has 20 heavy (non-hydrogen) atoms. The van der Waals surface area contributed by atoms with Crippen LogP contribution in [-0.2, 0) is 6.54 Å². The van der Waals surface area contributed by atoms with Crippen molar-refractivity contribution in [2.24, 2.45) is 11.8 Å². The third-order valence-electron chi connectivity index (χ3n) is 5.54. The summed E-state index contributed by atoms with van der Waals surface area (Å²) in [5, 5.41) is 3.56. The van der Waals surface area contributed by atoms with E-state index in [4.69, 9.17) is 0 Å². The first-order valence-electron chi connectivity index (χ1n) is 8.03. The number of hydrogen-bond donors (Lipinski definition) is 1. The average molecular weight is 272 g/mol. The summed E-state index contributed by atoms with van der Waals surface area (Å²) in [6.07, 6.45) is 0. The molecule has 3 rings (SSSR count). The zero-order valence-corrected chi connectivity index (χ0v) is 13.3. The second-order valence-corrected chi connectivity index (χ2v) is 7.46. The van der Waals surface area contributed by atoms with E-state index in [1.807, 2.05) is 0 Å². The maximum absolute atomic E-state index is 3.56. The van der Waals surface area contributed by atoms with Gasteiger partial charge in [0.1, 0.15) is 0 Å². The molecular formula is C18H28N2. The van der Waals surface area contributed by atoms with Gasteiger partial charge >= 0.3 is 0 Å². The van der Waals surface area contributed by atoms with Crippen LogP contribution in [0.5, 0.6) is 0 Å². The molecule has 2 saturated heterocycles. The first kappa shape index (κ1) is 14.1. The standard InChI is InChI=1S/C18H28N2/c1-13(2)15-7-5-14(6-8-15)11-20-12-16-9-19-10-17(16)18(20,3)4/h5-8,13,16-17,19H,9-12H2,1-4H3. The topological polar surface area (TPSA) is 15.3 Å². The quantitative estimate of drug-likeness (QED) is 0.909. The molecule has 1 aromatic rings. The van der Waals surface area contributed by atoms with E-state index in [2.05, 4.69) is 62.2 Å². The van der Waals surface area contributed by atoms with Crippen LogP contribution in [0.2, 0.25) is 0 Å². The smallest absolute Gasteiger partial charge is 0.0239 e. The molecule has 0 saturated carbocycles. The minimum atomic E-state index is 0.324. The van der Waals surface area contributed by atoms with E-state index in [1.54, 1.807) is 0 Å². The van der Waals surface area contributed by atoms with Crippen molar-refractivity contribution in [3.63, 3.8) is 0 Å². The second kappa shape index (κ2) is 5.16. The molecule has 2 nitrogen and oxygen atoms in total. The van der Waals surface area contributed by atoms with Crippen LogP contribution >= 0.6 is 0 Å². The Bertz CT molecular complexity index is 461. The van der Waals surface area contributed by atoms with E-state index in [0.29, 0.717) is 11.5 Å². The SMILES string of the molecule is CC(C)c1ccc(CN2CC3CNCC3C2(C)C)cc1. The Hall–Kier alpha value is -0.860. The molecule has 2 atom stereocenters. The molecular weight excluding hydrogens is 244 g/mol. The summed E-state index contributed by atoms with van der Waals surface area (Å²) < 4.78 is 0. The minimum absolute atomic E-state index is 0.324. The van der Waals surface area contributed by atoms with Gasteiger partial charge in [-0.25, -0.2) is 0 Å². The van der Waals surface area contributed by atoms with Crippen molar-refractivity contribution in [2.75, 3.05) is 19.6 Å². The third-order valence-corrected chi connectivity index (χ3v) is 5.54. The number of nitrogens with one attached hydrogen (secondary N) is 1. The summed E-state index contributed by atoms with van der Waals surface area (Å²) in [5.74, 6) is 2.29. The van der Waals surface area contributed by atoms with Gasteiger partial charge in [-0.1, -0.05) is 38.1 Å². The van der Waals surface area contributed by atoms with Crippen LogP contribution in [0.4, 0.5) is 0 Å². The lowest BCUT2D eigenvalue weighted by atomic mass is 9.85. The van der Waals surface area contributed by atoms with Crippen molar-refractivity contribution < 1.29 is 0 Å². The van der Waals surface area contributed by atoms with Gasteiger partial charge in [0.05, 0.1) is 0 Å². The molecule has 2 aliphatic heterocycles. The molecule has 0 amide bonds. The van der Waals surface area contributed by atoms with Crippen molar-refractivity contribution in [1.82, 2.24) is 10.2 Å². The summed E-state index contributed by atoms with van der Waals surface area (Å²) >= 11 is 0. The van der Waals surface area contributed by atoms with E-state index in [0.717, 1.165) is 18.4 Å². The Balaban J connectivity index is 1.71. The monoisotopic (exact) mass is 272 g/mol. The molecule has 1 N–H and O–H groups in total. The van der Waals surface area contributed by atoms with Gasteiger partial charge < -0.3 is 5.32 Å². The first-order chi connectivity index (χ1) is 9.48. The van der Waals surface area contributed by atoms with E-state index in [9.17, 15) is 0 Å². The molecule has 2 unspecified atom stereocenters. The minimum Gasteiger partial charge on any atom is -0.316 e. The lowest BCUT2D eigenvalue weighted by Gasteiger charge is -2.35. The Morgan fingerprint density at radius 3 is 2.50 bits per heavy atom. The summed E-state index contributed by atoms with van der Waals surface area (Å²) in [6.45, 7) is 14.1. The van der Waals surface area contributed by atoms with Crippen molar-refractivity contribution in [2.45, 2.75) is 45.7 Å². The van der Waals surface area contributed by atoms with E-state index in [1.165, 1.54) is 30.8 Å². The number of benzene rings is 1. The van der Waals surface area contributed by atoms with Gasteiger partial charge in [0.2, 0.25) is 0 Å². The Morgan fingerprint density at radius 2 is 1.90 bits per heavy atom. The predicted molar refractivity (Wildman–Crippen MR) is 84.9 cm³/mol. The Morgan fingerprint density at radius 1 is 1.20 bits per heavy atom. The first-order valence-corrected chi connectivity index (χ1v) is 8.03. The maximum Gasteiger partial charge on any atom is 0.0239 e. The van der Waals surface area contributed by atoms with Crippen LogP contribution in [0.1, 0.15) is 44.7 Å². The van der Waals surface area contributed by atoms with Gasteiger partial charge in [0, 0.05) is 25.2 Å². The van der Waals surface area contributed by atoms with Crippen LogP contribution < -0.4 is 5.32 Å². The lowest BCUT2D eigenvalue weighted by Crippen LogP contribution is -2.43. The molecule has 110 valence electrons. The van der Waals surface area contributed by atoms with Crippen LogP contribution in [0.3, 0.4) is 0 Å². The number of rotatable bonds is 3. The van der Waals surface area contributed by atoms with Gasteiger partial charge in [-0.3, -0.25) is 4.90 Å². The summed E-state index contributed by atoms with van der Waals surface area (Å²) in [7, 11) is 0. The molecule has 0 spiro atoms. The molecule has 0 aliphatic carbocycles. The molecule has 2 aliphatic rings. The molecule has 2 heterocycles. The van der Waals surface area contributed by atoms with Crippen LogP contribution in [0, 0.1) is 11.8 Å². The van der Waals surface area contributed by atoms with Gasteiger partial charge in [-0.2, -0.15) is 0 Å². The number of nitrogens with zero attached hydrogens (tertiary/aromatic N) is 1. The molecule has 0 radical (unpaired) electrons. The molecule has 1 aromatic carbocycles. The number of hydrogen-bond acceptors (Lipinski definition) is 2. The van der Waals surface area contributed by atoms with E-state index < -0.39 is 0 Å². The van der Waals surface area contributed by atoms with Crippen molar-refractivity contribution in [3.8, 4) is 0 Å². The Labute approximate surface area is 123 Å². The van der Waals surface area contributed by atoms with Crippen LogP contribution in [0.15, 0.2) is 24.3 Å². The van der Waals surface area contributed by atoms with Crippen LogP contribution in [-0.4, -0.2) is 30.1 Å². The highest BCUT2D eigenvalue weighted by Gasteiger charge is 2.49. The largest absolute Gasteiger partial charge is 0.316 e. The molecule has 2 heteroatoms. The van der Waals surface area contributed by atoms with Crippen molar-refractivity contribution in [3.05, 3.63) is 35.4 Å². The highest BCUT2D eigenvalue weighted by molar-refractivity contribution is 5.25. The van der Waals surface area contributed by atoms with Gasteiger partial charge in [-0.15, -0.1) is 0 Å². The fourth-order valence-electron chi connectivity index (χ4n) is 4.00. The van der Waals surface area contributed by atoms with Gasteiger partial charge in [-0.05, 0) is 49.3 Å². The van der Waals surface area contributed by atoms with Gasteiger partial charge in [0.25, 0.3) is 0 Å². The zero-order chi connectivity index (χ0) is 14.3. The molecule has 0 bridgehead atoms. The van der Waals surface area contributed by atoms with Crippen LogP contribution in [0.25, 0.3) is 0 Å². The van der Waals surface area contributed by atoms with Crippen molar-refractivity contribution >= 4 is 0 Å². The summed E-state index contributed by atoms with van der Waals surface area (Å²) in [4.78, 5) is 2.69. The van der Waals surface area contributed by atoms with Gasteiger partial charge in [0.15, 0.2) is 0 Å². The highest BCUT2D eigenvalue weighted by Crippen LogP contribution is 2.41. The lowest BCUT2D eigenvalue weighted by molar-refractivity contribution is 0.132. The number of fused-ring (bicyclic) bond motifs is 1. The zero-order valence-electron chi connectivity index (χ0n) is 13.3. The second-order valence-electron chi connectivity index (χ2n) is 7.46. The average Bonchev–Trinajstić information content (AvgIpc) is 2.94. The summed E-state index contributed by atoms with van der Waals surface area (Å²) in [6, 6.07) is 9.23. The highest BCUT2D eigenvalue weighted by atomic mass is 15.2. The normalized spacial score (nSPS) is 29.1. The Kier molecular flexibility index (Phi) is 3.64. The van der Waals surface area contributed by atoms with E-state index in [-0.39, 0.29) is 0 Å². The molecule has 0 aromatic heterocycles. The molecule has 2 fully saturated rings. The third kappa shape index (κ3) is 2.40. The van der Waals surface area contributed by atoms with Crippen molar-refractivity contribution in [1.29, 1.82) is 0 Å². The van der Waals surface area contributed by atoms with E-state index >= 15 is 0 Å². The fraction of sp³-hybridized carbons (Fsp3) is 0.667. The fourth-order valence-corrected chi connectivity index (χ4v) is 4.00.